The molecule has 2 rings (SSSR count). The average Bonchev–Trinajstić information content (AvgIpc) is 2.54. The lowest BCUT2D eigenvalue weighted by atomic mass is 10.1. The molecule has 14 heavy (non-hydrogen) atoms. The summed E-state index contributed by atoms with van der Waals surface area (Å²) in [6.45, 7) is 2.05. The molecule has 0 bridgehead atoms. The number of methoxy groups -OCH3 is 1. The predicted molar refractivity (Wildman–Crippen MR) is 55.2 cm³/mol. The molecule has 0 aliphatic heterocycles. The molecular weight excluding hydrogens is 200 g/mol. The Bertz CT molecular complexity index is 466. The summed E-state index contributed by atoms with van der Waals surface area (Å²) in [4.78, 5) is 0.148. The van der Waals surface area contributed by atoms with Crippen LogP contribution in [0.2, 0.25) is 0 Å². The van der Waals surface area contributed by atoms with Crippen molar-refractivity contribution < 1.29 is 13.6 Å². The number of hydrogen-bond donors (Lipinski definition) is 0. The van der Waals surface area contributed by atoms with Gasteiger partial charge in [0, 0.05) is 18.3 Å². The molecule has 0 radical (unpaired) electrons. The van der Waals surface area contributed by atoms with Crippen molar-refractivity contribution in [1.29, 1.82) is 0 Å². The highest BCUT2D eigenvalue weighted by atomic mass is 32.1. The van der Waals surface area contributed by atoms with E-state index in [4.69, 9.17) is 25.8 Å². The second-order valence-corrected chi connectivity index (χ2v) is 3.25. The van der Waals surface area contributed by atoms with Gasteiger partial charge in [0.2, 0.25) is 0 Å². The number of benzene rings is 1. The zero-order valence-corrected chi connectivity index (χ0v) is 8.81. The zero-order chi connectivity index (χ0) is 10.1. The first-order chi connectivity index (χ1) is 6.74. The Morgan fingerprint density at radius 1 is 1.29 bits per heavy atom. The van der Waals surface area contributed by atoms with Crippen LogP contribution in [0, 0.1) is 4.90 Å². The normalized spacial score (nSPS) is 10.7. The van der Waals surface area contributed by atoms with Crippen molar-refractivity contribution in [3.05, 3.63) is 22.6 Å². The molecule has 0 fully saturated rings. The van der Waals surface area contributed by atoms with Crippen LogP contribution in [0.3, 0.4) is 0 Å². The Morgan fingerprint density at radius 3 is 2.50 bits per heavy atom. The maximum atomic E-state index is 5.22. The first-order valence-electron chi connectivity index (χ1n) is 4.35. The highest BCUT2D eigenvalue weighted by molar-refractivity contribution is 7.71. The summed E-state index contributed by atoms with van der Waals surface area (Å²) in [5.74, 6) is 0.805. The Balaban J connectivity index is 2.74. The van der Waals surface area contributed by atoms with E-state index in [0.29, 0.717) is 11.2 Å². The van der Waals surface area contributed by atoms with Crippen LogP contribution in [0.15, 0.2) is 21.0 Å². The lowest BCUT2D eigenvalue weighted by Crippen LogP contribution is -1.89. The molecule has 0 aliphatic carbocycles. The molecule has 0 saturated carbocycles. The van der Waals surface area contributed by atoms with E-state index in [-0.39, 0.29) is 4.90 Å². The van der Waals surface area contributed by atoms with E-state index in [2.05, 4.69) is 6.92 Å². The van der Waals surface area contributed by atoms with Gasteiger partial charge in [-0.05, 0) is 18.1 Å². The molecule has 3 nitrogen and oxygen atoms in total. The molecule has 0 atom stereocenters. The molecule has 0 spiro atoms. The largest absolute Gasteiger partial charge is 0.496 e. The molecule has 4 heteroatoms. The van der Waals surface area contributed by atoms with Gasteiger partial charge in [0.05, 0.1) is 7.11 Å². The van der Waals surface area contributed by atoms with Crippen molar-refractivity contribution in [1.82, 2.24) is 0 Å². The van der Waals surface area contributed by atoms with Gasteiger partial charge in [0.15, 0.2) is 11.2 Å². The number of aryl methyl sites for hydroxylation is 1. The Labute approximate surface area is 86.3 Å². The number of rotatable bonds is 2. The Morgan fingerprint density at radius 2 is 1.93 bits per heavy atom. The van der Waals surface area contributed by atoms with E-state index in [1.807, 2.05) is 6.07 Å². The Hall–Kier alpha value is -1.29. The van der Waals surface area contributed by atoms with Crippen LogP contribution < -0.4 is 4.74 Å². The van der Waals surface area contributed by atoms with Gasteiger partial charge in [-0.3, -0.25) is 0 Å². The summed E-state index contributed by atoms with van der Waals surface area (Å²) in [6, 6.07) is 3.70. The summed E-state index contributed by atoms with van der Waals surface area (Å²) < 4.78 is 15.6. The molecule has 1 aromatic carbocycles. The van der Waals surface area contributed by atoms with Gasteiger partial charge in [0.25, 0.3) is 0 Å². The minimum absolute atomic E-state index is 0.148. The van der Waals surface area contributed by atoms with E-state index in [9.17, 15) is 0 Å². The summed E-state index contributed by atoms with van der Waals surface area (Å²) in [7, 11) is 1.63. The van der Waals surface area contributed by atoms with E-state index in [1.165, 1.54) is 0 Å². The zero-order valence-electron chi connectivity index (χ0n) is 7.99. The van der Waals surface area contributed by atoms with Crippen LogP contribution in [0.1, 0.15) is 12.5 Å². The van der Waals surface area contributed by atoms with Crippen LogP contribution in [0.25, 0.3) is 11.2 Å². The molecular formula is C10H10O3S. The lowest BCUT2D eigenvalue weighted by molar-refractivity contribution is 0.409. The number of fused-ring (bicyclic) bond motifs is 1. The number of ether oxygens (including phenoxy) is 1. The van der Waals surface area contributed by atoms with E-state index >= 15 is 0 Å². The van der Waals surface area contributed by atoms with Crippen LogP contribution in [-0.2, 0) is 6.42 Å². The first kappa shape index (κ1) is 9.27. The second-order valence-electron chi connectivity index (χ2n) is 2.92. The van der Waals surface area contributed by atoms with E-state index < -0.39 is 0 Å². The van der Waals surface area contributed by atoms with Gasteiger partial charge < -0.3 is 13.6 Å². The van der Waals surface area contributed by atoms with Gasteiger partial charge in [-0.1, -0.05) is 6.92 Å². The molecule has 0 N–H and O–H groups in total. The molecule has 0 amide bonds. The predicted octanol–water partition coefficient (Wildman–Crippen LogP) is 3.33. The quantitative estimate of drug-likeness (QED) is 0.712. The van der Waals surface area contributed by atoms with E-state index in [1.54, 1.807) is 13.2 Å². The van der Waals surface area contributed by atoms with Crippen molar-refractivity contribution in [2.45, 2.75) is 13.3 Å². The van der Waals surface area contributed by atoms with Crippen molar-refractivity contribution in [2.24, 2.45) is 0 Å². The smallest absolute Gasteiger partial charge is 0.363 e. The van der Waals surface area contributed by atoms with Gasteiger partial charge in [0.1, 0.15) is 5.75 Å². The van der Waals surface area contributed by atoms with Crippen molar-refractivity contribution in [3.63, 3.8) is 0 Å². The van der Waals surface area contributed by atoms with Gasteiger partial charge in [-0.15, -0.1) is 0 Å². The monoisotopic (exact) mass is 210 g/mol. The summed E-state index contributed by atoms with van der Waals surface area (Å²) >= 11 is 4.80. The molecule has 74 valence electrons. The van der Waals surface area contributed by atoms with Crippen molar-refractivity contribution in [3.8, 4) is 5.75 Å². The molecule has 1 heterocycles. The average molecular weight is 210 g/mol. The van der Waals surface area contributed by atoms with Gasteiger partial charge in [-0.2, -0.15) is 0 Å². The maximum Gasteiger partial charge on any atom is 0.363 e. The van der Waals surface area contributed by atoms with Crippen LogP contribution in [0.4, 0.5) is 0 Å². The van der Waals surface area contributed by atoms with Crippen LogP contribution in [0.5, 0.6) is 5.75 Å². The third kappa shape index (κ3) is 1.42. The topological polar surface area (TPSA) is 35.5 Å². The standard InChI is InChI=1S/C10H10O3S/c1-3-6-4-8-9(5-7(6)11-2)13-10(14)12-8/h4-5H,3H2,1-2H3. The fourth-order valence-corrected chi connectivity index (χ4v) is 1.59. The third-order valence-corrected chi connectivity index (χ3v) is 2.28. The molecule has 0 saturated heterocycles. The molecule has 2 aromatic rings. The summed E-state index contributed by atoms with van der Waals surface area (Å²) in [6.07, 6.45) is 0.882. The SMILES string of the molecule is CCc1cc2oc(=S)oc2cc1OC. The molecule has 0 unspecified atom stereocenters. The van der Waals surface area contributed by atoms with Crippen molar-refractivity contribution in [2.75, 3.05) is 7.11 Å². The minimum atomic E-state index is 0.148. The van der Waals surface area contributed by atoms with Crippen molar-refractivity contribution >= 4 is 23.4 Å². The highest BCUT2D eigenvalue weighted by Crippen LogP contribution is 2.27. The molecule has 0 aliphatic rings. The maximum absolute atomic E-state index is 5.22. The Kier molecular flexibility index (Phi) is 2.29. The van der Waals surface area contributed by atoms with Gasteiger partial charge in [-0.25, -0.2) is 0 Å². The van der Waals surface area contributed by atoms with Gasteiger partial charge >= 0.3 is 4.90 Å². The fraction of sp³-hybridized carbons (Fsp3) is 0.300. The highest BCUT2D eigenvalue weighted by Gasteiger charge is 2.08. The third-order valence-electron chi connectivity index (χ3n) is 2.11. The first-order valence-corrected chi connectivity index (χ1v) is 4.76. The second kappa shape index (κ2) is 3.46. The molecule has 1 aromatic heterocycles. The summed E-state index contributed by atoms with van der Waals surface area (Å²) in [5, 5.41) is 0. The number of hydrogen-bond acceptors (Lipinski definition) is 4. The van der Waals surface area contributed by atoms with Crippen LogP contribution in [-0.4, -0.2) is 7.11 Å². The summed E-state index contributed by atoms with van der Waals surface area (Å²) in [5.41, 5.74) is 2.39. The lowest BCUT2D eigenvalue weighted by Gasteiger charge is -2.04. The fourth-order valence-electron chi connectivity index (χ4n) is 1.41. The minimum Gasteiger partial charge on any atom is -0.496 e. The van der Waals surface area contributed by atoms with Crippen LogP contribution >= 0.6 is 12.2 Å². The van der Waals surface area contributed by atoms with E-state index in [0.717, 1.165) is 17.7 Å².